The number of thiophene rings is 1. The molecule has 6 heteroatoms. The van der Waals surface area contributed by atoms with E-state index >= 15 is 0 Å². The van der Waals surface area contributed by atoms with Gasteiger partial charge in [0.2, 0.25) is 0 Å². The van der Waals surface area contributed by atoms with E-state index in [2.05, 4.69) is 16.7 Å². The van der Waals surface area contributed by atoms with E-state index < -0.39 is 0 Å². The maximum atomic E-state index is 12.3. The van der Waals surface area contributed by atoms with Gasteiger partial charge in [-0.2, -0.15) is 0 Å². The predicted molar refractivity (Wildman–Crippen MR) is 103 cm³/mol. The number of ether oxygens (including phenoxy) is 1. The Morgan fingerprint density at radius 3 is 2.96 bits per heavy atom. The minimum Gasteiger partial charge on any atom is -0.450 e. The molecule has 0 aliphatic carbocycles. The highest BCUT2D eigenvalue weighted by Crippen LogP contribution is 2.46. The molecule has 1 saturated heterocycles. The van der Waals surface area contributed by atoms with Crippen LogP contribution in [-0.2, 0) is 16.8 Å². The summed E-state index contributed by atoms with van der Waals surface area (Å²) in [6.07, 6.45) is 3.87. The highest BCUT2D eigenvalue weighted by atomic mass is 32.1. The van der Waals surface area contributed by atoms with E-state index in [1.807, 2.05) is 19.9 Å². The number of amides is 1. The smallest absolute Gasteiger partial charge is 0.287 e. The first-order chi connectivity index (χ1) is 12.6. The number of carbonyl (C=O) groups excluding carboxylic acids is 1. The van der Waals surface area contributed by atoms with Crippen molar-refractivity contribution < 1.29 is 13.9 Å². The second-order valence-electron chi connectivity index (χ2n) is 7.25. The fourth-order valence-electron chi connectivity index (χ4n) is 3.73. The molecule has 1 spiro atoms. The van der Waals surface area contributed by atoms with E-state index in [0.29, 0.717) is 5.76 Å². The molecule has 5 nitrogen and oxygen atoms in total. The van der Waals surface area contributed by atoms with Gasteiger partial charge in [-0.3, -0.25) is 4.79 Å². The summed E-state index contributed by atoms with van der Waals surface area (Å²) in [6, 6.07) is 6.03. The van der Waals surface area contributed by atoms with Crippen molar-refractivity contribution in [2.24, 2.45) is 0 Å². The monoisotopic (exact) mass is 374 g/mol. The Morgan fingerprint density at radius 2 is 2.19 bits per heavy atom. The molecule has 4 rings (SSSR count). The molecule has 26 heavy (non-hydrogen) atoms. The van der Waals surface area contributed by atoms with Crippen LogP contribution in [0.3, 0.4) is 0 Å². The third kappa shape index (κ3) is 3.21. The molecular weight excluding hydrogens is 348 g/mol. The molecule has 1 unspecified atom stereocenters. The van der Waals surface area contributed by atoms with Gasteiger partial charge in [-0.15, -0.1) is 11.3 Å². The van der Waals surface area contributed by atoms with Gasteiger partial charge in [0, 0.05) is 10.9 Å². The van der Waals surface area contributed by atoms with Gasteiger partial charge in [-0.1, -0.05) is 6.92 Å². The summed E-state index contributed by atoms with van der Waals surface area (Å²) in [7, 11) is 0. The molecule has 4 heterocycles. The van der Waals surface area contributed by atoms with Crippen LogP contribution in [0.1, 0.15) is 54.1 Å². The van der Waals surface area contributed by atoms with Crippen LogP contribution in [0.4, 0.5) is 0 Å². The van der Waals surface area contributed by atoms with Crippen molar-refractivity contribution in [2.45, 2.75) is 51.2 Å². The fourth-order valence-corrected chi connectivity index (χ4v) is 5.11. The SMILES string of the molecule is CCC(C)NC(=O)c1ccc(-c2cc3c(s2)C2(CCNCC2)OCC3)o1. The normalized spacial score (nSPS) is 19.9. The zero-order chi connectivity index (χ0) is 18.1. The van der Waals surface area contributed by atoms with Gasteiger partial charge in [0.05, 0.1) is 11.5 Å². The summed E-state index contributed by atoms with van der Waals surface area (Å²) >= 11 is 1.76. The number of rotatable bonds is 4. The van der Waals surface area contributed by atoms with Crippen molar-refractivity contribution in [1.82, 2.24) is 10.6 Å². The molecule has 1 amide bonds. The summed E-state index contributed by atoms with van der Waals surface area (Å²) in [4.78, 5) is 14.7. The number of hydrogen-bond donors (Lipinski definition) is 2. The standard InChI is InChI=1S/C20H26N2O3S/c1-3-13(2)22-19(23)16-5-4-15(25-16)17-12-14-6-11-24-20(18(14)26-17)7-9-21-10-8-20/h4-5,12-13,21H,3,6-11H2,1-2H3,(H,22,23). The van der Waals surface area contributed by atoms with Crippen LogP contribution in [0, 0.1) is 0 Å². The number of hydrogen-bond acceptors (Lipinski definition) is 5. The van der Waals surface area contributed by atoms with Gasteiger partial charge in [-0.05, 0) is 69.5 Å². The molecule has 0 bridgehead atoms. The number of carbonyl (C=O) groups is 1. The summed E-state index contributed by atoms with van der Waals surface area (Å²) in [5.41, 5.74) is 1.24. The first kappa shape index (κ1) is 17.8. The maximum Gasteiger partial charge on any atom is 0.287 e. The molecule has 1 fully saturated rings. The highest BCUT2D eigenvalue weighted by Gasteiger charge is 2.40. The van der Waals surface area contributed by atoms with Crippen molar-refractivity contribution in [3.63, 3.8) is 0 Å². The van der Waals surface area contributed by atoms with E-state index in [1.54, 1.807) is 17.4 Å². The summed E-state index contributed by atoms with van der Waals surface area (Å²) in [5, 5.41) is 6.37. The average Bonchev–Trinajstić information content (AvgIpc) is 3.30. The molecule has 2 aliphatic heterocycles. The molecule has 2 aromatic rings. The van der Waals surface area contributed by atoms with Gasteiger partial charge < -0.3 is 19.8 Å². The minimum absolute atomic E-state index is 0.134. The van der Waals surface area contributed by atoms with Crippen molar-refractivity contribution in [3.05, 3.63) is 34.4 Å². The van der Waals surface area contributed by atoms with Crippen molar-refractivity contribution in [3.8, 4) is 10.6 Å². The third-order valence-corrected chi connectivity index (χ3v) is 6.82. The lowest BCUT2D eigenvalue weighted by Gasteiger charge is -2.40. The first-order valence-corrected chi connectivity index (χ1v) is 10.3. The number of furan rings is 1. The van der Waals surface area contributed by atoms with Gasteiger partial charge in [0.15, 0.2) is 5.76 Å². The molecular formula is C20H26N2O3S. The Kier molecular flexibility index (Phi) is 4.90. The van der Waals surface area contributed by atoms with Crippen LogP contribution in [0.5, 0.6) is 0 Å². The summed E-state index contributed by atoms with van der Waals surface area (Å²) < 4.78 is 12.1. The molecule has 0 aromatic carbocycles. The van der Waals surface area contributed by atoms with Gasteiger partial charge in [-0.25, -0.2) is 0 Å². The predicted octanol–water partition coefficient (Wildman–Crippen LogP) is 3.69. The second-order valence-corrected chi connectivity index (χ2v) is 8.31. The lowest BCUT2D eigenvalue weighted by Crippen LogP contribution is -2.43. The number of piperidine rings is 1. The van der Waals surface area contributed by atoms with Gasteiger partial charge in [0.1, 0.15) is 11.4 Å². The van der Waals surface area contributed by atoms with Crippen LogP contribution in [-0.4, -0.2) is 31.6 Å². The largest absolute Gasteiger partial charge is 0.450 e. The van der Waals surface area contributed by atoms with E-state index in [9.17, 15) is 4.79 Å². The Morgan fingerprint density at radius 1 is 1.38 bits per heavy atom. The van der Waals surface area contributed by atoms with E-state index in [0.717, 1.165) is 56.0 Å². The van der Waals surface area contributed by atoms with Crippen molar-refractivity contribution in [1.29, 1.82) is 0 Å². The quantitative estimate of drug-likeness (QED) is 0.857. The Bertz CT molecular complexity index is 789. The highest BCUT2D eigenvalue weighted by molar-refractivity contribution is 7.15. The molecule has 0 radical (unpaired) electrons. The molecule has 140 valence electrons. The van der Waals surface area contributed by atoms with Crippen LogP contribution >= 0.6 is 11.3 Å². The third-order valence-electron chi connectivity index (χ3n) is 5.45. The lowest BCUT2D eigenvalue weighted by atomic mass is 9.86. The average molecular weight is 375 g/mol. The lowest BCUT2D eigenvalue weighted by molar-refractivity contribution is -0.0771. The Labute approximate surface area is 158 Å². The molecule has 2 N–H and O–H groups in total. The zero-order valence-corrected chi connectivity index (χ0v) is 16.2. The summed E-state index contributed by atoms with van der Waals surface area (Å²) in [5.74, 6) is 0.993. The van der Waals surface area contributed by atoms with Crippen molar-refractivity contribution in [2.75, 3.05) is 19.7 Å². The van der Waals surface area contributed by atoms with Crippen LogP contribution in [0.25, 0.3) is 10.6 Å². The van der Waals surface area contributed by atoms with E-state index in [4.69, 9.17) is 9.15 Å². The molecule has 1 atom stereocenters. The van der Waals surface area contributed by atoms with E-state index in [-0.39, 0.29) is 17.6 Å². The topological polar surface area (TPSA) is 63.5 Å². The Hall–Kier alpha value is -1.63. The van der Waals surface area contributed by atoms with Crippen LogP contribution in [0.2, 0.25) is 0 Å². The molecule has 2 aromatic heterocycles. The first-order valence-electron chi connectivity index (χ1n) is 9.50. The van der Waals surface area contributed by atoms with Crippen LogP contribution in [0.15, 0.2) is 22.6 Å². The van der Waals surface area contributed by atoms with E-state index in [1.165, 1.54) is 10.4 Å². The zero-order valence-electron chi connectivity index (χ0n) is 15.4. The minimum atomic E-state index is -0.148. The number of nitrogens with one attached hydrogen (secondary N) is 2. The maximum absolute atomic E-state index is 12.3. The van der Waals surface area contributed by atoms with Crippen LogP contribution < -0.4 is 10.6 Å². The number of fused-ring (bicyclic) bond motifs is 2. The second kappa shape index (κ2) is 7.18. The van der Waals surface area contributed by atoms with Crippen molar-refractivity contribution >= 4 is 17.2 Å². The van der Waals surface area contributed by atoms with Gasteiger partial charge in [0.25, 0.3) is 5.91 Å². The molecule has 2 aliphatic rings. The molecule has 0 saturated carbocycles. The van der Waals surface area contributed by atoms with Gasteiger partial charge >= 0.3 is 0 Å². The fraction of sp³-hybridized carbons (Fsp3) is 0.550. The summed E-state index contributed by atoms with van der Waals surface area (Å²) in [6.45, 7) is 6.81. The Balaban J connectivity index is 1.59.